The smallest absolute Gasteiger partial charge is 0.339 e. The van der Waals surface area contributed by atoms with Gasteiger partial charge in [0.1, 0.15) is 11.6 Å². The zero-order chi connectivity index (χ0) is 19.2. The Morgan fingerprint density at radius 1 is 1.19 bits per heavy atom. The van der Waals surface area contributed by atoms with Crippen molar-refractivity contribution in [2.45, 2.75) is 13.8 Å². The average molecular weight is 363 g/mol. The molecule has 27 heavy (non-hydrogen) atoms. The highest BCUT2D eigenvalue weighted by Crippen LogP contribution is 2.22. The first kappa shape index (κ1) is 18.2. The first-order chi connectivity index (χ1) is 13.1. The third-order valence-electron chi connectivity index (χ3n) is 4.07. The zero-order valence-electron chi connectivity index (χ0n) is 15.4. The standard InChI is InChI=1S/C20H21N5O2/c1-14-12-16(15(2)25(14)19-10-6-7-11-21-19)13-22-24-20(26)23-17-8-4-5-9-18(17)27-3/h4-13H,1-3H3,(H2,23,24,26)/b22-13+. The van der Waals surface area contributed by atoms with Crippen molar-refractivity contribution in [3.05, 3.63) is 71.7 Å². The number of nitrogens with zero attached hydrogens (tertiary/aromatic N) is 3. The Bertz CT molecular complexity index is 964. The first-order valence-electron chi connectivity index (χ1n) is 8.43. The number of para-hydroxylation sites is 2. The van der Waals surface area contributed by atoms with E-state index >= 15 is 0 Å². The number of hydrazone groups is 1. The number of aromatic nitrogens is 2. The van der Waals surface area contributed by atoms with E-state index in [4.69, 9.17) is 4.74 Å². The van der Waals surface area contributed by atoms with Gasteiger partial charge in [0.05, 0.1) is 19.0 Å². The van der Waals surface area contributed by atoms with Crippen molar-refractivity contribution in [3.63, 3.8) is 0 Å². The molecule has 0 fully saturated rings. The number of rotatable bonds is 5. The lowest BCUT2D eigenvalue weighted by molar-refractivity contribution is 0.252. The second-order valence-electron chi connectivity index (χ2n) is 5.87. The number of nitrogens with one attached hydrogen (secondary N) is 2. The Labute approximate surface area is 157 Å². The van der Waals surface area contributed by atoms with E-state index in [0.717, 1.165) is 22.8 Å². The van der Waals surface area contributed by atoms with Gasteiger partial charge < -0.3 is 14.6 Å². The summed E-state index contributed by atoms with van der Waals surface area (Å²) in [4.78, 5) is 16.4. The van der Waals surface area contributed by atoms with Gasteiger partial charge in [-0.1, -0.05) is 18.2 Å². The number of hydrogen-bond donors (Lipinski definition) is 2. The minimum atomic E-state index is -0.450. The van der Waals surface area contributed by atoms with E-state index in [1.165, 1.54) is 0 Å². The Balaban J connectivity index is 1.69. The Hall–Kier alpha value is -3.61. The number of aryl methyl sites for hydroxylation is 1. The summed E-state index contributed by atoms with van der Waals surface area (Å²) in [5.74, 6) is 1.42. The van der Waals surface area contributed by atoms with Crippen LogP contribution >= 0.6 is 0 Å². The van der Waals surface area contributed by atoms with Crippen molar-refractivity contribution in [2.24, 2.45) is 5.10 Å². The minimum Gasteiger partial charge on any atom is -0.495 e. The molecule has 3 rings (SSSR count). The SMILES string of the molecule is COc1ccccc1NC(=O)N/N=C/c1cc(C)n(-c2ccccn2)c1C. The third kappa shape index (κ3) is 4.14. The highest BCUT2D eigenvalue weighted by Gasteiger charge is 2.10. The van der Waals surface area contributed by atoms with Gasteiger partial charge in [0.2, 0.25) is 0 Å². The van der Waals surface area contributed by atoms with Crippen LogP contribution in [0, 0.1) is 13.8 Å². The molecule has 2 heterocycles. The van der Waals surface area contributed by atoms with Gasteiger partial charge in [0.25, 0.3) is 0 Å². The van der Waals surface area contributed by atoms with Crippen LogP contribution in [0.25, 0.3) is 5.82 Å². The van der Waals surface area contributed by atoms with Crippen LogP contribution in [0.3, 0.4) is 0 Å². The molecule has 0 saturated heterocycles. The maximum absolute atomic E-state index is 12.0. The van der Waals surface area contributed by atoms with Gasteiger partial charge in [0, 0.05) is 23.1 Å². The number of benzene rings is 1. The highest BCUT2D eigenvalue weighted by molar-refractivity contribution is 5.92. The van der Waals surface area contributed by atoms with E-state index in [2.05, 4.69) is 20.8 Å². The van der Waals surface area contributed by atoms with Gasteiger partial charge in [-0.05, 0) is 44.2 Å². The first-order valence-corrected chi connectivity index (χ1v) is 8.43. The van der Waals surface area contributed by atoms with Crippen molar-refractivity contribution in [1.82, 2.24) is 15.0 Å². The van der Waals surface area contributed by atoms with E-state index in [9.17, 15) is 4.79 Å². The third-order valence-corrected chi connectivity index (χ3v) is 4.07. The number of amides is 2. The number of hydrogen-bond acceptors (Lipinski definition) is 4. The summed E-state index contributed by atoms with van der Waals surface area (Å²) < 4.78 is 7.24. The van der Waals surface area contributed by atoms with Crippen molar-refractivity contribution in [2.75, 3.05) is 12.4 Å². The molecule has 0 radical (unpaired) electrons. The molecular formula is C20H21N5O2. The Kier molecular flexibility index (Phi) is 5.51. The van der Waals surface area contributed by atoms with Crippen LogP contribution in [-0.4, -0.2) is 28.9 Å². The molecule has 2 aromatic heterocycles. The van der Waals surface area contributed by atoms with Crippen LogP contribution in [-0.2, 0) is 0 Å². The van der Waals surface area contributed by atoms with E-state index in [1.54, 1.807) is 31.7 Å². The Morgan fingerprint density at radius 3 is 2.70 bits per heavy atom. The summed E-state index contributed by atoms with van der Waals surface area (Å²) in [7, 11) is 1.55. The number of anilines is 1. The van der Waals surface area contributed by atoms with E-state index < -0.39 is 6.03 Å². The Morgan fingerprint density at radius 2 is 1.96 bits per heavy atom. The van der Waals surface area contributed by atoms with Gasteiger partial charge in [-0.2, -0.15) is 5.10 Å². The molecule has 138 valence electrons. The highest BCUT2D eigenvalue weighted by atomic mass is 16.5. The fourth-order valence-corrected chi connectivity index (χ4v) is 2.82. The number of carbonyl (C=O) groups is 1. The number of ether oxygens (including phenoxy) is 1. The largest absolute Gasteiger partial charge is 0.495 e. The summed E-state index contributed by atoms with van der Waals surface area (Å²) in [6.07, 6.45) is 3.37. The molecule has 7 heteroatoms. The molecule has 0 atom stereocenters. The normalized spacial score (nSPS) is 10.8. The molecule has 0 aliphatic carbocycles. The van der Waals surface area contributed by atoms with E-state index in [1.807, 2.05) is 54.8 Å². The number of urea groups is 1. The molecule has 2 N–H and O–H groups in total. The van der Waals surface area contributed by atoms with Crippen LogP contribution < -0.4 is 15.5 Å². The van der Waals surface area contributed by atoms with Crippen molar-refractivity contribution in [1.29, 1.82) is 0 Å². The number of methoxy groups -OCH3 is 1. The summed E-state index contributed by atoms with van der Waals surface area (Å²) in [5, 5.41) is 6.74. The topological polar surface area (TPSA) is 80.5 Å². The monoisotopic (exact) mass is 363 g/mol. The zero-order valence-corrected chi connectivity index (χ0v) is 15.4. The van der Waals surface area contributed by atoms with Gasteiger partial charge in [-0.25, -0.2) is 15.2 Å². The van der Waals surface area contributed by atoms with Crippen LogP contribution in [0.1, 0.15) is 17.0 Å². The van der Waals surface area contributed by atoms with E-state index in [0.29, 0.717) is 11.4 Å². The maximum atomic E-state index is 12.0. The fraction of sp³-hybridized carbons (Fsp3) is 0.150. The molecule has 0 unspecified atom stereocenters. The molecule has 0 spiro atoms. The maximum Gasteiger partial charge on any atom is 0.339 e. The molecular weight excluding hydrogens is 342 g/mol. The molecule has 0 bridgehead atoms. The summed E-state index contributed by atoms with van der Waals surface area (Å²) in [6.45, 7) is 3.98. The molecule has 0 saturated carbocycles. The predicted octanol–water partition coefficient (Wildman–Crippen LogP) is 3.65. The summed E-state index contributed by atoms with van der Waals surface area (Å²) in [5.41, 5.74) is 5.96. The lowest BCUT2D eigenvalue weighted by Gasteiger charge is -2.09. The second kappa shape index (κ2) is 8.18. The lowest BCUT2D eigenvalue weighted by Crippen LogP contribution is -2.24. The van der Waals surface area contributed by atoms with Gasteiger partial charge in [-0.3, -0.25) is 0 Å². The molecule has 3 aromatic rings. The minimum absolute atomic E-state index is 0.450. The number of carbonyl (C=O) groups excluding carboxylic acids is 1. The van der Waals surface area contributed by atoms with Crippen LogP contribution in [0.15, 0.2) is 59.8 Å². The van der Waals surface area contributed by atoms with Gasteiger partial charge in [0.15, 0.2) is 0 Å². The second-order valence-corrected chi connectivity index (χ2v) is 5.87. The molecule has 0 aliphatic heterocycles. The molecule has 7 nitrogen and oxygen atoms in total. The van der Waals surface area contributed by atoms with Crippen molar-refractivity contribution >= 4 is 17.9 Å². The molecule has 0 aliphatic rings. The summed E-state index contributed by atoms with van der Waals surface area (Å²) >= 11 is 0. The van der Waals surface area contributed by atoms with Crippen LogP contribution in [0.5, 0.6) is 5.75 Å². The quantitative estimate of drug-likeness (QED) is 0.536. The predicted molar refractivity (Wildman–Crippen MR) is 106 cm³/mol. The van der Waals surface area contributed by atoms with E-state index in [-0.39, 0.29) is 0 Å². The van der Waals surface area contributed by atoms with Crippen LogP contribution in [0.2, 0.25) is 0 Å². The summed E-state index contributed by atoms with van der Waals surface area (Å²) in [6, 6.07) is 14.5. The van der Waals surface area contributed by atoms with Crippen molar-refractivity contribution < 1.29 is 9.53 Å². The van der Waals surface area contributed by atoms with Gasteiger partial charge >= 0.3 is 6.03 Å². The molecule has 2 amide bonds. The average Bonchev–Trinajstić information content (AvgIpc) is 2.96. The number of pyridine rings is 1. The fourth-order valence-electron chi connectivity index (χ4n) is 2.82. The lowest BCUT2D eigenvalue weighted by atomic mass is 10.3. The van der Waals surface area contributed by atoms with Crippen LogP contribution in [0.4, 0.5) is 10.5 Å². The van der Waals surface area contributed by atoms with Crippen molar-refractivity contribution in [3.8, 4) is 11.6 Å². The molecule has 1 aromatic carbocycles. The van der Waals surface area contributed by atoms with Gasteiger partial charge in [-0.15, -0.1) is 0 Å².